The fourth-order valence-electron chi connectivity index (χ4n) is 1.99. The molecule has 0 radical (unpaired) electrons. The van der Waals surface area contributed by atoms with Crippen molar-refractivity contribution in [1.82, 2.24) is 0 Å². The minimum absolute atomic E-state index is 0.376. The Morgan fingerprint density at radius 3 is 2.40 bits per heavy atom. The molecule has 1 unspecified atom stereocenters. The van der Waals surface area contributed by atoms with Crippen LogP contribution in [0.2, 0.25) is 0 Å². The van der Waals surface area contributed by atoms with E-state index in [4.69, 9.17) is 4.74 Å². The molecule has 4 nitrogen and oxygen atoms in total. The van der Waals surface area contributed by atoms with Gasteiger partial charge in [0.05, 0.1) is 6.61 Å². The summed E-state index contributed by atoms with van der Waals surface area (Å²) >= 11 is 0. The van der Waals surface area contributed by atoms with Gasteiger partial charge in [0.15, 0.2) is 0 Å². The first-order valence-corrected chi connectivity index (χ1v) is 7.46. The molecule has 1 atom stereocenters. The van der Waals surface area contributed by atoms with E-state index in [0.29, 0.717) is 12.6 Å². The summed E-state index contributed by atoms with van der Waals surface area (Å²) < 4.78 is 4.83. The smallest absolute Gasteiger partial charge is 0.411 e. The molecule has 0 aromatic heterocycles. The van der Waals surface area contributed by atoms with E-state index < -0.39 is 6.09 Å². The van der Waals surface area contributed by atoms with Gasteiger partial charge in [-0.15, -0.1) is 0 Å². The van der Waals surface area contributed by atoms with Crippen LogP contribution >= 0.6 is 0 Å². The molecular weight excluding hydrogens is 252 g/mol. The summed E-state index contributed by atoms with van der Waals surface area (Å²) in [5.74, 6) is 0. The number of hydrogen-bond acceptors (Lipinski definition) is 3. The first kappa shape index (κ1) is 16.3. The summed E-state index contributed by atoms with van der Waals surface area (Å²) in [5, 5.41) is 6.14. The van der Waals surface area contributed by atoms with Crippen LogP contribution in [0.25, 0.3) is 0 Å². The third-order valence-corrected chi connectivity index (χ3v) is 3.06. The zero-order valence-electron chi connectivity index (χ0n) is 12.7. The normalized spacial score (nSPS) is 11.8. The number of hydrogen-bond donors (Lipinski definition) is 2. The van der Waals surface area contributed by atoms with E-state index >= 15 is 0 Å². The van der Waals surface area contributed by atoms with E-state index in [1.165, 1.54) is 25.7 Å². The van der Waals surface area contributed by atoms with Crippen LogP contribution in [0, 0.1) is 0 Å². The molecule has 20 heavy (non-hydrogen) atoms. The third kappa shape index (κ3) is 6.45. The van der Waals surface area contributed by atoms with Crippen LogP contribution in [0.5, 0.6) is 0 Å². The number of rotatable bonds is 8. The summed E-state index contributed by atoms with van der Waals surface area (Å²) in [4.78, 5) is 11.3. The molecule has 0 fully saturated rings. The lowest BCUT2D eigenvalue weighted by molar-refractivity contribution is 0.168. The Labute approximate surface area is 121 Å². The monoisotopic (exact) mass is 278 g/mol. The molecule has 0 bridgehead atoms. The molecule has 2 N–H and O–H groups in total. The van der Waals surface area contributed by atoms with Crippen LogP contribution in [-0.4, -0.2) is 18.7 Å². The molecule has 0 aliphatic heterocycles. The second-order valence-electron chi connectivity index (χ2n) is 4.96. The lowest BCUT2D eigenvalue weighted by Gasteiger charge is -2.15. The summed E-state index contributed by atoms with van der Waals surface area (Å²) in [5.41, 5.74) is 1.82. The van der Waals surface area contributed by atoms with Gasteiger partial charge in [-0.25, -0.2) is 4.79 Å². The van der Waals surface area contributed by atoms with Crippen molar-refractivity contribution in [2.45, 2.75) is 52.5 Å². The van der Waals surface area contributed by atoms with Gasteiger partial charge in [-0.2, -0.15) is 0 Å². The van der Waals surface area contributed by atoms with Crippen LogP contribution < -0.4 is 10.6 Å². The van der Waals surface area contributed by atoms with Crippen LogP contribution in [-0.2, 0) is 4.74 Å². The number of benzene rings is 1. The van der Waals surface area contributed by atoms with Gasteiger partial charge in [0.1, 0.15) is 0 Å². The Morgan fingerprint density at radius 2 is 1.80 bits per heavy atom. The molecule has 112 valence electrons. The molecule has 0 heterocycles. The van der Waals surface area contributed by atoms with Crippen molar-refractivity contribution in [2.24, 2.45) is 0 Å². The predicted octanol–water partition coefficient (Wildman–Crippen LogP) is 4.64. The van der Waals surface area contributed by atoms with Gasteiger partial charge in [-0.05, 0) is 44.5 Å². The Kier molecular flexibility index (Phi) is 7.55. The van der Waals surface area contributed by atoms with Gasteiger partial charge in [0.2, 0.25) is 0 Å². The lowest BCUT2D eigenvalue weighted by atomic mass is 10.1. The highest BCUT2D eigenvalue weighted by molar-refractivity contribution is 5.84. The number of carbonyl (C=O) groups excluding carboxylic acids is 1. The van der Waals surface area contributed by atoms with E-state index in [9.17, 15) is 4.79 Å². The average Bonchev–Trinajstić information content (AvgIpc) is 2.41. The molecule has 0 aliphatic rings. The van der Waals surface area contributed by atoms with Crippen molar-refractivity contribution in [2.75, 3.05) is 17.2 Å². The molecule has 1 aromatic carbocycles. The Balaban J connectivity index is 2.39. The molecule has 4 heteroatoms. The van der Waals surface area contributed by atoms with Gasteiger partial charge in [-0.3, -0.25) is 5.32 Å². The third-order valence-electron chi connectivity index (χ3n) is 3.06. The second-order valence-corrected chi connectivity index (χ2v) is 4.96. The lowest BCUT2D eigenvalue weighted by Crippen LogP contribution is -2.15. The van der Waals surface area contributed by atoms with Crippen molar-refractivity contribution >= 4 is 17.5 Å². The fourth-order valence-corrected chi connectivity index (χ4v) is 1.99. The molecule has 0 spiro atoms. The molecule has 1 rings (SSSR count). The molecule has 0 saturated heterocycles. The largest absolute Gasteiger partial charge is 0.450 e. The highest BCUT2D eigenvalue weighted by Gasteiger charge is 2.04. The molecule has 1 aromatic rings. The number of carbonyl (C=O) groups is 1. The topological polar surface area (TPSA) is 50.4 Å². The maximum absolute atomic E-state index is 11.3. The van der Waals surface area contributed by atoms with Crippen molar-refractivity contribution in [3.8, 4) is 0 Å². The van der Waals surface area contributed by atoms with Crippen LogP contribution in [0.3, 0.4) is 0 Å². The summed E-state index contributed by atoms with van der Waals surface area (Å²) in [6.07, 6.45) is 4.56. The van der Waals surface area contributed by atoms with Crippen molar-refractivity contribution in [3.05, 3.63) is 24.3 Å². The average molecular weight is 278 g/mol. The van der Waals surface area contributed by atoms with E-state index in [1.54, 1.807) is 6.92 Å². The highest BCUT2D eigenvalue weighted by atomic mass is 16.5. The van der Waals surface area contributed by atoms with Gasteiger partial charge in [0.25, 0.3) is 0 Å². The van der Waals surface area contributed by atoms with Crippen molar-refractivity contribution in [1.29, 1.82) is 0 Å². The first-order valence-electron chi connectivity index (χ1n) is 7.46. The van der Waals surface area contributed by atoms with E-state index in [0.717, 1.165) is 11.4 Å². The quantitative estimate of drug-likeness (QED) is 0.681. The van der Waals surface area contributed by atoms with Crippen molar-refractivity contribution in [3.63, 3.8) is 0 Å². The molecule has 0 aliphatic carbocycles. The van der Waals surface area contributed by atoms with E-state index in [1.807, 2.05) is 24.3 Å². The Hall–Kier alpha value is -1.71. The number of nitrogens with one attached hydrogen (secondary N) is 2. The highest BCUT2D eigenvalue weighted by Crippen LogP contribution is 2.16. The van der Waals surface area contributed by atoms with Gasteiger partial charge in [0, 0.05) is 17.4 Å². The second kappa shape index (κ2) is 9.23. The number of ether oxygens (including phenoxy) is 1. The summed E-state index contributed by atoms with van der Waals surface area (Å²) in [6, 6.07) is 8.15. The number of anilines is 2. The molecule has 1 amide bonds. The molecule has 0 saturated carbocycles. The molecular formula is C16H26N2O2. The minimum Gasteiger partial charge on any atom is -0.450 e. The zero-order chi connectivity index (χ0) is 14.8. The summed E-state index contributed by atoms with van der Waals surface area (Å²) in [6.45, 7) is 6.57. The van der Waals surface area contributed by atoms with E-state index in [2.05, 4.69) is 24.5 Å². The standard InChI is InChI=1S/C16H26N2O2/c1-4-6-7-8-13(3)17-14-9-11-15(12-10-14)18-16(19)20-5-2/h9-13,17H,4-8H2,1-3H3,(H,18,19). The maximum Gasteiger partial charge on any atom is 0.411 e. The van der Waals surface area contributed by atoms with Gasteiger partial charge >= 0.3 is 6.09 Å². The Morgan fingerprint density at radius 1 is 1.15 bits per heavy atom. The van der Waals surface area contributed by atoms with Crippen LogP contribution in [0.15, 0.2) is 24.3 Å². The number of amides is 1. The summed E-state index contributed by atoms with van der Waals surface area (Å²) in [7, 11) is 0. The van der Waals surface area contributed by atoms with Crippen molar-refractivity contribution < 1.29 is 9.53 Å². The predicted molar refractivity (Wildman–Crippen MR) is 84.3 cm³/mol. The first-order chi connectivity index (χ1) is 9.65. The fraction of sp³-hybridized carbons (Fsp3) is 0.562. The van der Waals surface area contributed by atoms with E-state index in [-0.39, 0.29) is 0 Å². The minimum atomic E-state index is -0.416. The van der Waals surface area contributed by atoms with Gasteiger partial charge < -0.3 is 10.1 Å². The van der Waals surface area contributed by atoms with Crippen LogP contribution in [0.4, 0.5) is 16.2 Å². The SMILES string of the molecule is CCCCCC(C)Nc1ccc(NC(=O)OCC)cc1. The Bertz CT molecular complexity index is 390. The number of unbranched alkanes of at least 4 members (excludes halogenated alkanes) is 2. The van der Waals surface area contributed by atoms with Crippen LogP contribution in [0.1, 0.15) is 46.5 Å². The zero-order valence-corrected chi connectivity index (χ0v) is 12.7. The maximum atomic E-state index is 11.3. The van der Waals surface area contributed by atoms with Gasteiger partial charge in [-0.1, -0.05) is 26.2 Å².